The van der Waals surface area contributed by atoms with Crippen molar-refractivity contribution in [2.45, 2.75) is 46.5 Å². The molecule has 2 rings (SSSR count). The van der Waals surface area contributed by atoms with Crippen molar-refractivity contribution in [1.82, 2.24) is 0 Å². The van der Waals surface area contributed by atoms with Crippen LogP contribution in [0, 0.1) is 29.6 Å². The zero-order valence-electron chi connectivity index (χ0n) is 8.72. The Morgan fingerprint density at radius 2 is 1.75 bits per heavy atom. The van der Waals surface area contributed by atoms with E-state index in [1.807, 2.05) is 0 Å². The normalized spacial score (nSPS) is 46.0. The Balaban J connectivity index is 1.98. The highest BCUT2D eigenvalue weighted by molar-refractivity contribution is 4.96. The third-order valence-corrected chi connectivity index (χ3v) is 4.24. The van der Waals surface area contributed by atoms with Gasteiger partial charge in [-0.15, -0.1) is 0 Å². The van der Waals surface area contributed by atoms with Gasteiger partial charge in [-0.3, -0.25) is 0 Å². The van der Waals surface area contributed by atoms with Gasteiger partial charge >= 0.3 is 0 Å². The molecule has 0 aromatic carbocycles. The summed E-state index contributed by atoms with van der Waals surface area (Å²) in [7, 11) is 0. The molecule has 2 aliphatic rings. The van der Waals surface area contributed by atoms with Crippen LogP contribution in [-0.2, 0) is 0 Å². The number of fused-ring (bicyclic) bond motifs is 1. The summed E-state index contributed by atoms with van der Waals surface area (Å²) < 4.78 is 0. The van der Waals surface area contributed by atoms with E-state index in [0.717, 1.165) is 29.6 Å². The molecule has 0 saturated heterocycles. The molecule has 0 spiro atoms. The zero-order valence-corrected chi connectivity index (χ0v) is 8.72. The summed E-state index contributed by atoms with van der Waals surface area (Å²) in [6.45, 7) is 7.20. The summed E-state index contributed by atoms with van der Waals surface area (Å²) in [5.41, 5.74) is 0. The zero-order chi connectivity index (χ0) is 8.72. The molecule has 0 nitrogen and oxygen atoms in total. The molecule has 0 amide bonds. The fourth-order valence-corrected chi connectivity index (χ4v) is 3.28. The molecule has 4 atom stereocenters. The summed E-state index contributed by atoms with van der Waals surface area (Å²) in [4.78, 5) is 0. The molecule has 2 fully saturated rings. The molecule has 70 valence electrons. The molecule has 4 unspecified atom stereocenters. The third kappa shape index (κ3) is 1.41. The molecule has 0 radical (unpaired) electrons. The van der Waals surface area contributed by atoms with Crippen LogP contribution in [0.25, 0.3) is 0 Å². The molecule has 0 heteroatoms. The predicted molar refractivity (Wildman–Crippen MR) is 52.9 cm³/mol. The Morgan fingerprint density at radius 3 is 2.33 bits per heavy atom. The maximum atomic E-state index is 2.41. The first kappa shape index (κ1) is 8.59. The van der Waals surface area contributed by atoms with Crippen LogP contribution in [0.3, 0.4) is 0 Å². The Morgan fingerprint density at radius 1 is 1.08 bits per heavy atom. The third-order valence-electron chi connectivity index (χ3n) is 4.24. The van der Waals surface area contributed by atoms with Crippen LogP contribution in [0.4, 0.5) is 0 Å². The van der Waals surface area contributed by atoms with Gasteiger partial charge in [0.05, 0.1) is 0 Å². The summed E-state index contributed by atoms with van der Waals surface area (Å²) >= 11 is 0. The Bertz CT molecular complexity index is 159. The second-order valence-corrected chi connectivity index (χ2v) is 5.30. The largest absolute Gasteiger partial charge is 0.0651 e. The van der Waals surface area contributed by atoms with E-state index in [1.165, 1.54) is 6.42 Å². The van der Waals surface area contributed by atoms with E-state index in [-0.39, 0.29) is 0 Å². The fraction of sp³-hybridized carbons (Fsp3) is 1.00. The van der Waals surface area contributed by atoms with E-state index in [4.69, 9.17) is 0 Å². The average molecular weight is 166 g/mol. The van der Waals surface area contributed by atoms with E-state index in [9.17, 15) is 0 Å². The van der Waals surface area contributed by atoms with Gasteiger partial charge in [-0.2, -0.15) is 0 Å². The first-order valence-electron chi connectivity index (χ1n) is 5.72. The first-order chi connectivity index (χ1) is 5.72. The highest BCUT2D eigenvalue weighted by atomic mass is 14.5. The Kier molecular flexibility index (Phi) is 2.18. The average Bonchev–Trinajstić information content (AvgIpc) is 2.79. The van der Waals surface area contributed by atoms with Gasteiger partial charge in [0.25, 0.3) is 0 Å². The summed E-state index contributed by atoms with van der Waals surface area (Å²) in [5.74, 6) is 5.36. The van der Waals surface area contributed by atoms with Crippen LogP contribution in [0.15, 0.2) is 0 Å². The summed E-state index contributed by atoms with van der Waals surface area (Å²) in [5, 5.41) is 0. The van der Waals surface area contributed by atoms with E-state index in [2.05, 4.69) is 20.8 Å². The van der Waals surface area contributed by atoms with Crippen LogP contribution in [-0.4, -0.2) is 0 Å². The molecular formula is C12H22. The van der Waals surface area contributed by atoms with Crippen molar-refractivity contribution < 1.29 is 0 Å². The minimum Gasteiger partial charge on any atom is -0.0651 e. The van der Waals surface area contributed by atoms with Crippen LogP contribution < -0.4 is 0 Å². The van der Waals surface area contributed by atoms with Crippen LogP contribution in [0.5, 0.6) is 0 Å². The highest BCUT2D eigenvalue weighted by Gasteiger charge is 2.46. The highest BCUT2D eigenvalue weighted by Crippen LogP contribution is 2.55. The molecule has 0 heterocycles. The van der Waals surface area contributed by atoms with Gasteiger partial charge in [0, 0.05) is 0 Å². The van der Waals surface area contributed by atoms with Gasteiger partial charge in [0.15, 0.2) is 0 Å². The Hall–Kier alpha value is 0. The van der Waals surface area contributed by atoms with Crippen LogP contribution in [0.2, 0.25) is 0 Å². The molecule has 2 aliphatic carbocycles. The molecule has 0 N–H and O–H groups in total. The fourth-order valence-electron chi connectivity index (χ4n) is 3.28. The number of hydrogen-bond acceptors (Lipinski definition) is 0. The minimum atomic E-state index is 0.927. The van der Waals surface area contributed by atoms with Crippen molar-refractivity contribution in [3.05, 3.63) is 0 Å². The molecule has 12 heavy (non-hydrogen) atoms. The number of hydrogen-bond donors (Lipinski definition) is 0. The van der Waals surface area contributed by atoms with Gasteiger partial charge in [-0.05, 0) is 48.9 Å². The van der Waals surface area contributed by atoms with Gasteiger partial charge in [0.1, 0.15) is 0 Å². The van der Waals surface area contributed by atoms with E-state index in [0.29, 0.717) is 0 Å². The monoisotopic (exact) mass is 166 g/mol. The number of rotatable bonds is 2. The molecular weight excluding hydrogens is 144 g/mol. The molecule has 0 aliphatic heterocycles. The first-order valence-corrected chi connectivity index (χ1v) is 5.72. The minimum absolute atomic E-state index is 0.927. The van der Waals surface area contributed by atoms with E-state index >= 15 is 0 Å². The SMILES string of the molecule is CCC1CC2CC2CC1C(C)C. The maximum absolute atomic E-state index is 2.41. The molecule has 2 saturated carbocycles. The molecule has 0 aromatic heterocycles. The van der Waals surface area contributed by atoms with Gasteiger partial charge in [-0.1, -0.05) is 27.2 Å². The topological polar surface area (TPSA) is 0 Å². The van der Waals surface area contributed by atoms with Crippen molar-refractivity contribution >= 4 is 0 Å². The van der Waals surface area contributed by atoms with Crippen molar-refractivity contribution in [1.29, 1.82) is 0 Å². The second-order valence-electron chi connectivity index (χ2n) is 5.30. The van der Waals surface area contributed by atoms with Crippen LogP contribution >= 0.6 is 0 Å². The maximum Gasteiger partial charge on any atom is -0.0360 e. The summed E-state index contributed by atoms with van der Waals surface area (Å²) in [6.07, 6.45) is 6.11. The quantitative estimate of drug-likeness (QED) is 0.586. The van der Waals surface area contributed by atoms with Gasteiger partial charge in [-0.25, -0.2) is 0 Å². The lowest BCUT2D eigenvalue weighted by Gasteiger charge is -2.33. The molecule has 0 bridgehead atoms. The van der Waals surface area contributed by atoms with Crippen molar-refractivity contribution in [3.63, 3.8) is 0 Å². The van der Waals surface area contributed by atoms with Gasteiger partial charge in [0.2, 0.25) is 0 Å². The predicted octanol–water partition coefficient (Wildman–Crippen LogP) is 3.71. The Labute approximate surface area is 76.7 Å². The van der Waals surface area contributed by atoms with Crippen LogP contribution in [0.1, 0.15) is 46.5 Å². The smallest absolute Gasteiger partial charge is 0.0360 e. The summed E-state index contributed by atoms with van der Waals surface area (Å²) in [6, 6.07) is 0. The van der Waals surface area contributed by atoms with Crippen molar-refractivity contribution in [3.8, 4) is 0 Å². The lowest BCUT2D eigenvalue weighted by Crippen LogP contribution is -2.24. The van der Waals surface area contributed by atoms with Crippen molar-refractivity contribution in [2.24, 2.45) is 29.6 Å². The standard InChI is InChI=1S/C12H22/c1-4-9-5-10-6-11(10)7-12(9)8(2)3/h8-12H,4-7H2,1-3H3. The lowest BCUT2D eigenvalue weighted by molar-refractivity contribution is 0.168. The van der Waals surface area contributed by atoms with E-state index < -0.39 is 0 Å². The van der Waals surface area contributed by atoms with Crippen molar-refractivity contribution in [2.75, 3.05) is 0 Å². The van der Waals surface area contributed by atoms with Gasteiger partial charge < -0.3 is 0 Å². The second kappa shape index (κ2) is 3.05. The lowest BCUT2D eigenvalue weighted by atomic mass is 9.72. The van der Waals surface area contributed by atoms with E-state index in [1.54, 1.807) is 19.3 Å². The molecule has 0 aromatic rings.